The van der Waals surface area contributed by atoms with Crippen molar-refractivity contribution in [2.45, 2.75) is 46.1 Å². The number of halogens is 1. The molecule has 1 nitrogen and oxygen atoms in total. The summed E-state index contributed by atoms with van der Waals surface area (Å²) in [6.45, 7) is 7.82. The van der Waals surface area contributed by atoms with E-state index >= 15 is 0 Å². The SMILES string of the molecule is CC(Cc1ccccc1F)NCC1(C(C)C)CC1. The maximum atomic E-state index is 13.5. The smallest absolute Gasteiger partial charge is 0.126 e. The van der Waals surface area contributed by atoms with E-state index in [9.17, 15) is 4.39 Å². The molecule has 1 aromatic carbocycles. The summed E-state index contributed by atoms with van der Waals surface area (Å²) in [7, 11) is 0. The molecule has 1 aliphatic carbocycles. The molecule has 18 heavy (non-hydrogen) atoms. The Hall–Kier alpha value is -0.890. The number of rotatable bonds is 6. The maximum absolute atomic E-state index is 13.5. The first-order valence-electron chi connectivity index (χ1n) is 7.00. The van der Waals surface area contributed by atoms with Gasteiger partial charge in [0.15, 0.2) is 0 Å². The Bertz CT molecular complexity index is 396. The van der Waals surface area contributed by atoms with Crippen molar-refractivity contribution in [1.29, 1.82) is 0 Å². The highest BCUT2D eigenvalue weighted by Crippen LogP contribution is 2.51. The zero-order chi connectivity index (χ0) is 13.2. The number of hydrogen-bond acceptors (Lipinski definition) is 1. The Kier molecular flexibility index (Phi) is 4.06. The minimum absolute atomic E-state index is 0.0869. The van der Waals surface area contributed by atoms with Gasteiger partial charge in [0.1, 0.15) is 5.82 Å². The molecule has 0 spiro atoms. The molecule has 0 radical (unpaired) electrons. The van der Waals surface area contributed by atoms with E-state index in [0.29, 0.717) is 11.5 Å². The predicted molar refractivity (Wildman–Crippen MR) is 74.1 cm³/mol. The molecule has 1 aliphatic rings. The highest BCUT2D eigenvalue weighted by molar-refractivity contribution is 5.18. The van der Waals surface area contributed by atoms with Crippen LogP contribution in [0, 0.1) is 17.2 Å². The molecule has 1 atom stereocenters. The van der Waals surface area contributed by atoms with Crippen molar-refractivity contribution in [3.05, 3.63) is 35.6 Å². The zero-order valence-electron chi connectivity index (χ0n) is 11.7. The minimum Gasteiger partial charge on any atom is -0.313 e. The third-order valence-corrected chi connectivity index (χ3v) is 4.40. The van der Waals surface area contributed by atoms with Gasteiger partial charge in [0, 0.05) is 12.6 Å². The molecule has 2 heteroatoms. The van der Waals surface area contributed by atoms with Crippen molar-refractivity contribution in [3.63, 3.8) is 0 Å². The van der Waals surface area contributed by atoms with Crippen molar-refractivity contribution < 1.29 is 4.39 Å². The zero-order valence-corrected chi connectivity index (χ0v) is 11.7. The summed E-state index contributed by atoms with van der Waals surface area (Å²) in [5.74, 6) is 0.654. The van der Waals surface area contributed by atoms with Gasteiger partial charge in [0.05, 0.1) is 0 Å². The normalized spacial score (nSPS) is 18.9. The quantitative estimate of drug-likeness (QED) is 0.809. The summed E-state index contributed by atoms with van der Waals surface area (Å²) in [6, 6.07) is 7.40. The van der Waals surface area contributed by atoms with Crippen LogP contribution < -0.4 is 5.32 Å². The molecule has 1 unspecified atom stereocenters. The molecule has 0 heterocycles. The number of hydrogen-bond donors (Lipinski definition) is 1. The standard InChI is InChI=1S/C16H24FN/c1-12(2)16(8-9-16)11-18-13(3)10-14-6-4-5-7-15(14)17/h4-7,12-13,18H,8-11H2,1-3H3. The molecule has 1 aromatic rings. The predicted octanol–water partition coefficient (Wildman–Crippen LogP) is 3.78. The Balaban J connectivity index is 1.83. The van der Waals surface area contributed by atoms with E-state index in [-0.39, 0.29) is 5.82 Å². The largest absolute Gasteiger partial charge is 0.313 e. The van der Waals surface area contributed by atoms with Gasteiger partial charge in [-0.1, -0.05) is 32.0 Å². The first kappa shape index (κ1) is 13.5. The summed E-state index contributed by atoms with van der Waals surface area (Å²) in [6.07, 6.45) is 3.44. The van der Waals surface area contributed by atoms with Crippen molar-refractivity contribution in [1.82, 2.24) is 5.32 Å². The van der Waals surface area contributed by atoms with E-state index in [1.807, 2.05) is 12.1 Å². The highest BCUT2D eigenvalue weighted by Gasteiger charge is 2.44. The summed E-state index contributed by atoms with van der Waals surface area (Å²) in [5.41, 5.74) is 1.33. The van der Waals surface area contributed by atoms with Crippen LogP contribution in [0.1, 0.15) is 39.2 Å². The fraction of sp³-hybridized carbons (Fsp3) is 0.625. The van der Waals surface area contributed by atoms with Crippen LogP contribution in [0.3, 0.4) is 0 Å². The molecular weight excluding hydrogens is 225 g/mol. The van der Waals surface area contributed by atoms with Gasteiger partial charge in [0.25, 0.3) is 0 Å². The molecule has 2 rings (SSSR count). The molecule has 0 saturated heterocycles. The summed E-state index contributed by atoms with van der Waals surface area (Å²) in [5, 5.41) is 3.58. The van der Waals surface area contributed by atoms with Crippen LogP contribution in [0.2, 0.25) is 0 Å². The summed E-state index contributed by atoms with van der Waals surface area (Å²) >= 11 is 0. The van der Waals surface area contributed by atoms with Crippen molar-refractivity contribution in [2.24, 2.45) is 11.3 Å². The van der Waals surface area contributed by atoms with Gasteiger partial charge in [-0.15, -0.1) is 0 Å². The third-order valence-electron chi connectivity index (χ3n) is 4.40. The van der Waals surface area contributed by atoms with E-state index in [0.717, 1.165) is 24.4 Å². The second-order valence-corrected chi connectivity index (χ2v) is 6.09. The second-order valence-electron chi connectivity index (χ2n) is 6.09. The number of benzene rings is 1. The van der Waals surface area contributed by atoms with Gasteiger partial charge in [-0.05, 0) is 49.1 Å². The van der Waals surface area contributed by atoms with Gasteiger partial charge >= 0.3 is 0 Å². The fourth-order valence-electron chi connectivity index (χ4n) is 2.56. The van der Waals surface area contributed by atoms with E-state index in [1.165, 1.54) is 12.8 Å². The molecule has 0 aromatic heterocycles. The van der Waals surface area contributed by atoms with Gasteiger partial charge in [0.2, 0.25) is 0 Å². The van der Waals surface area contributed by atoms with Crippen LogP contribution in [-0.2, 0) is 6.42 Å². The number of nitrogens with one attached hydrogen (secondary N) is 1. The fourth-order valence-corrected chi connectivity index (χ4v) is 2.56. The highest BCUT2D eigenvalue weighted by atomic mass is 19.1. The Morgan fingerprint density at radius 3 is 2.44 bits per heavy atom. The van der Waals surface area contributed by atoms with Gasteiger partial charge in [-0.25, -0.2) is 4.39 Å². The topological polar surface area (TPSA) is 12.0 Å². The molecule has 0 amide bonds. The lowest BCUT2D eigenvalue weighted by Gasteiger charge is -2.23. The van der Waals surface area contributed by atoms with E-state index < -0.39 is 0 Å². The van der Waals surface area contributed by atoms with Gasteiger partial charge < -0.3 is 5.32 Å². The van der Waals surface area contributed by atoms with Gasteiger partial charge in [-0.3, -0.25) is 0 Å². The van der Waals surface area contributed by atoms with E-state index in [4.69, 9.17) is 0 Å². The molecule has 0 aliphatic heterocycles. The van der Waals surface area contributed by atoms with Crippen LogP contribution >= 0.6 is 0 Å². The molecule has 0 bridgehead atoms. The Labute approximate surface area is 110 Å². The van der Waals surface area contributed by atoms with E-state index in [1.54, 1.807) is 12.1 Å². The van der Waals surface area contributed by atoms with Crippen LogP contribution in [0.15, 0.2) is 24.3 Å². The van der Waals surface area contributed by atoms with Crippen molar-refractivity contribution in [2.75, 3.05) is 6.54 Å². The van der Waals surface area contributed by atoms with Crippen molar-refractivity contribution in [3.8, 4) is 0 Å². The van der Waals surface area contributed by atoms with Crippen LogP contribution in [-0.4, -0.2) is 12.6 Å². The minimum atomic E-state index is -0.0869. The average Bonchev–Trinajstić information content (AvgIpc) is 3.11. The maximum Gasteiger partial charge on any atom is 0.126 e. The first-order valence-corrected chi connectivity index (χ1v) is 7.00. The molecular formula is C16H24FN. The lowest BCUT2D eigenvalue weighted by molar-refractivity contribution is 0.322. The Morgan fingerprint density at radius 2 is 1.89 bits per heavy atom. The lowest BCUT2D eigenvalue weighted by Crippen LogP contribution is -2.35. The Morgan fingerprint density at radius 1 is 1.22 bits per heavy atom. The average molecular weight is 249 g/mol. The van der Waals surface area contributed by atoms with Crippen LogP contribution in [0.5, 0.6) is 0 Å². The van der Waals surface area contributed by atoms with Crippen LogP contribution in [0.25, 0.3) is 0 Å². The first-order chi connectivity index (χ1) is 8.53. The van der Waals surface area contributed by atoms with Crippen molar-refractivity contribution >= 4 is 0 Å². The molecule has 1 saturated carbocycles. The van der Waals surface area contributed by atoms with Gasteiger partial charge in [-0.2, -0.15) is 0 Å². The second kappa shape index (κ2) is 5.40. The third kappa shape index (κ3) is 3.11. The molecule has 100 valence electrons. The monoisotopic (exact) mass is 249 g/mol. The van der Waals surface area contributed by atoms with E-state index in [2.05, 4.69) is 26.1 Å². The summed E-state index contributed by atoms with van der Waals surface area (Å²) in [4.78, 5) is 0. The lowest BCUT2D eigenvalue weighted by atomic mass is 9.92. The molecule has 1 fully saturated rings. The molecule has 1 N–H and O–H groups in total. The summed E-state index contributed by atoms with van der Waals surface area (Å²) < 4.78 is 13.5. The van der Waals surface area contributed by atoms with Crippen LogP contribution in [0.4, 0.5) is 4.39 Å².